The summed E-state index contributed by atoms with van der Waals surface area (Å²) in [5.74, 6) is 1.44. The van der Waals surface area contributed by atoms with Gasteiger partial charge < -0.3 is 4.90 Å². The Morgan fingerprint density at radius 3 is 2.54 bits per heavy atom. The average molecular weight is 498 g/mol. The van der Waals surface area contributed by atoms with Gasteiger partial charge in [0.2, 0.25) is 5.91 Å². The lowest BCUT2D eigenvalue weighted by molar-refractivity contribution is -0.385. The molecule has 1 aromatic heterocycles. The first-order valence-electron chi connectivity index (χ1n) is 12.8. The molecule has 1 amide bonds. The molecule has 0 N–H and O–H groups in total. The number of halogens is 1. The Morgan fingerprint density at radius 2 is 1.89 bits per heavy atom. The second kappa shape index (κ2) is 8.59. The van der Waals surface area contributed by atoms with Crippen LogP contribution in [0.4, 0.5) is 5.69 Å². The molecule has 5 fully saturated rings. The van der Waals surface area contributed by atoms with E-state index >= 15 is 0 Å². The molecular formula is C26H32ClN5O3. The smallest absolute Gasteiger partial charge is 0.307 e. The van der Waals surface area contributed by atoms with Gasteiger partial charge in [0.1, 0.15) is 12.4 Å². The Morgan fingerprint density at radius 1 is 1.14 bits per heavy atom. The van der Waals surface area contributed by atoms with Crippen LogP contribution in [0.1, 0.15) is 50.5 Å². The van der Waals surface area contributed by atoms with Crippen LogP contribution in [0.15, 0.2) is 36.7 Å². The number of amides is 1. The van der Waals surface area contributed by atoms with Crippen molar-refractivity contribution >= 4 is 23.2 Å². The summed E-state index contributed by atoms with van der Waals surface area (Å²) in [6, 6.07) is 7.98. The van der Waals surface area contributed by atoms with Crippen LogP contribution in [-0.2, 0) is 16.9 Å². The summed E-state index contributed by atoms with van der Waals surface area (Å²) < 4.78 is 1.89. The molecule has 1 aliphatic heterocycles. The SMILES string of the molecule is O=C(CC12CC3CC(C1)CC(n1cc([N+](=O)[O-])cn1)(C3)C2)N1CCN(Cc2cccc(Cl)c2)CC1. The topological polar surface area (TPSA) is 84.5 Å². The molecular weight excluding hydrogens is 466 g/mol. The number of hydrogen-bond acceptors (Lipinski definition) is 5. The number of piperazine rings is 1. The van der Waals surface area contributed by atoms with E-state index in [-0.39, 0.29) is 27.5 Å². The number of carbonyl (C=O) groups is 1. The standard InChI is InChI=1S/C26H32ClN5O3/c27-22-3-1-2-19(9-22)16-29-4-6-30(7-5-29)24(33)14-25-10-20-8-21(11-25)13-26(12-20,18-25)31-17-23(15-28-31)32(34)35/h1-3,9,15,17,20-21H,4-8,10-14,16,18H2. The van der Waals surface area contributed by atoms with Gasteiger partial charge in [-0.3, -0.25) is 24.5 Å². The van der Waals surface area contributed by atoms with E-state index in [1.165, 1.54) is 18.2 Å². The first kappa shape index (κ1) is 23.0. The van der Waals surface area contributed by atoms with Crippen molar-refractivity contribution in [3.63, 3.8) is 0 Å². The van der Waals surface area contributed by atoms with Gasteiger partial charge in [0.25, 0.3) is 0 Å². The molecule has 1 aromatic carbocycles. The number of hydrogen-bond donors (Lipinski definition) is 0. The molecule has 2 atom stereocenters. The molecule has 2 heterocycles. The largest absolute Gasteiger partial charge is 0.340 e. The summed E-state index contributed by atoms with van der Waals surface area (Å²) in [7, 11) is 0. The van der Waals surface area contributed by atoms with Crippen molar-refractivity contribution in [3.8, 4) is 0 Å². The zero-order chi connectivity index (χ0) is 24.2. The molecule has 4 aliphatic carbocycles. The first-order chi connectivity index (χ1) is 16.8. The summed E-state index contributed by atoms with van der Waals surface area (Å²) in [6.45, 7) is 4.13. The molecule has 2 unspecified atom stereocenters. The molecule has 8 nitrogen and oxygen atoms in total. The molecule has 0 spiro atoms. The molecule has 35 heavy (non-hydrogen) atoms. The zero-order valence-electron chi connectivity index (χ0n) is 19.9. The van der Waals surface area contributed by atoms with Crippen LogP contribution >= 0.6 is 11.6 Å². The highest BCUT2D eigenvalue weighted by Crippen LogP contribution is 2.65. The van der Waals surface area contributed by atoms with Crippen LogP contribution < -0.4 is 0 Å². The highest BCUT2D eigenvalue weighted by Gasteiger charge is 2.59. The molecule has 4 bridgehead atoms. The monoisotopic (exact) mass is 497 g/mol. The van der Waals surface area contributed by atoms with Gasteiger partial charge in [-0.25, -0.2) is 0 Å². The Kier molecular flexibility index (Phi) is 5.64. The number of rotatable bonds is 6. The number of benzene rings is 1. The maximum absolute atomic E-state index is 13.5. The third-order valence-corrected chi connectivity index (χ3v) is 9.20. The highest BCUT2D eigenvalue weighted by molar-refractivity contribution is 6.30. The van der Waals surface area contributed by atoms with E-state index in [0.29, 0.717) is 18.3 Å². The number of aromatic nitrogens is 2. The number of carbonyl (C=O) groups excluding carboxylic acids is 1. The first-order valence-corrected chi connectivity index (χ1v) is 13.1. The van der Waals surface area contributed by atoms with Crippen molar-refractivity contribution in [2.24, 2.45) is 17.3 Å². The van der Waals surface area contributed by atoms with Crippen molar-refractivity contribution in [1.29, 1.82) is 0 Å². The fourth-order valence-corrected chi connectivity index (χ4v) is 8.24. The number of nitro groups is 1. The minimum absolute atomic E-state index is 0.000180. The summed E-state index contributed by atoms with van der Waals surface area (Å²) in [5.41, 5.74) is 1.09. The van der Waals surface area contributed by atoms with E-state index in [1.54, 1.807) is 6.20 Å². The van der Waals surface area contributed by atoms with Gasteiger partial charge in [-0.15, -0.1) is 0 Å². The lowest BCUT2D eigenvalue weighted by Gasteiger charge is -2.62. The van der Waals surface area contributed by atoms with Crippen molar-refractivity contribution in [1.82, 2.24) is 19.6 Å². The molecule has 5 aliphatic rings. The van der Waals surface area contributed by atoms with E-state index in [0.717, 1.165) is 69.9 Å². The van der Waals surface area contributed by atoms with Crippen LogP contribution in [0.2, 0.25) is 5.02 Å². The van der Waals surface area contributed by atoms with Gasteiger partial charge in [-0.2, -0.15) is 5.10 Å². The quantitative estimate of drug-likeness (QED) is 0.434. The minimum Gasteiger partial charge on any atom is -0.340 e. The highest BCUT2D eigenvalue weighted by atomic mass is 35.5. The van der Waals surface area contributed by atoms with Crippen LogP contribution in [0.5, 0.6) is 0 Å². The van der Waals surface area contributed by atoms with E-state index in [1.807, 2.05) is 22.9 Å². The van der Waals surface area contributed by atoms with E-state index in [9.17, 15) is 14.9 Å². The van der Waals surface area contributed by atoms with E-state index in [4.69, 9.17) is 11.6 Å². The van der Waals surface area contributed by atoms with Crippen LogP contribution in [-0.4, -0.2) is 56.6 Å². The van der Waals surface area contributed by atoms with Gasteiger partial charge in [0.15, 0.2) is 0 Å². The molecule has 2 aromatic rings. The fourth-order valence-electron chi connectivity index (χ4n) is 8.03. The molecule has 0 radical (unpaired) electrons. The summed E-state index contributed by atoms with van der Waals surface area (Å²) in [6.07, 6.45) is 9.99. The van der Waals surface area contributed by atoms with Crippen LogP contribution in [0.3, 0.4) is 0 Å². The van der Waals surface area contributed by atoms with Crippen molar-refractivity contribution in [2.75, 3.05) is 26.2 Å². The van der Waals surface area contributed by atoms with E-state index < -0.39 is 0 Å². The Bertz CT molecular complexity index is 1130. The lowest BCUT2D eigenvalue weighted by Crippen LogP contribution is -2.58. The predicted molar refractivity (Wildman–Crippen MR) is 132 cm³/mol. The maximum Gasteiger partial charge on any atom is 0.307 e. The lowest BCUT2D eigenvalue weighted by atomic mass is 9.46. The number of nitrogens with zero attached hydrogens (tertiary/aromatic N) is 5. The third kappa shape index (κ3) is 4.35. The molecule has 186 valence electrons. The molecule has 9 heteroatoms. The summed E-state index contributed by atoms with van der Waals surface area (Å²) >= 11 is 6.13. The van der Waals surface area contributed by atoms with Gasteiger partial charge in [0, 0.05) is 44.2 Å². The summed E-state index contributed by atoms with van der Waals surface area (Å²) in [5, 5.41) is 16.5. The molecule has 1 saturated heterocycles. The van der Waals surface area contributed by atoms with Gasteiger partial charge in [-0.1, -0.05) is 23.7 Å². The van der Waals surface area contributed by atoms with Crippen LogP contribution in [0.25, 0.3) is 0 Å². The Hall–Kier alpha value is -2.45. The normalized spacial score (nSPS) is 32.2. The minimum atomic E-state index is -0.366. The van der Waals surface area contributed by atoms with Crippen molar-refractivity contribution < 1.29 is 9.72 Å². The van der Waals surface area contributed by atoms with Crippen LogP contribution in [0, 0.1) is 27.4 Å². The van der Waals surface area contributed by atoms with Gasteiger partial charge in [-0.05, 0) is 73.5 Å². The van der Waals surface area contributed by atoms with Crippen molar-refractivity contribution in [3.05, 3.63) is 57.4 Å². The molecule has 4 saturated carbocycles. The molecule has 7 rings (SSSR count). The third-order valence-electron chi connectivity index (χ3n) is 8.96. The van der Waals surface area contributed by atoms with Gasteiger partial charge in [0.05, 0.1) is 10.5 Å². The fraction of sp³-hybridized carbons (Fsp3) is 0.615. The second-order valence-corrected chi connectivity index (χ2v) is 12.0. The average Bonchev–Trinajstić information content (AvgIpc) is 3.30. The van der Waals surface area contributed by atoms with Crippen molar-refractivity contribution in [2.45, 2.75) is 57.0 Å². The summed E-state index contributed by atoms with van der Waals surface area (Å²) in [4.78, 5) is 28.8. The zero-order valence-corrected chi connectivity index (χ0v) is 20.7. The second-order valence-electron chi connectivity index (χ2n) is 11.5. The predicted octanol–water partition coefficient (Wildman–Crippen LogP) is 4.47. The Labute approximate surface area is 210 Å². The van der Waals surface area contributed by atoms with E-state index in [2.05, 4.69) is 21.0 Å². The Balaban J connectivity index is 1.11. The van der Waals surface area contributed by atoms with Gasteiger partial charge >= 0.3 is 5.69 Å². The maximum atomic E-state index is 13.5.